The maximum absolute atomic E-state index is 11.9. The Hall–Kier alpha value is -1.61. The molecule has 1 unspecified atom stereocenters. The number of rotatable bonds is 3. The van der Waals surface area contributed by atoms with Gasteiger partial charge in [-0.25, -0.2) is 0 Å². The summed E-state index contributed by atoms with van der Waals surface area (Å²) in [6, 6.07) is 10.3. The Bertz CT molecular complexity index is 439. The summed E-state index contributed by atoms with van der Waals surface area (Å²) in [6.45, 7) is 3.24. The van der Waals surface area contributed by atoms with Gasteiger partial charge in [-0.3, -0.25) is 4.79 Å². The van der Waals surface area contributed by atoms with E-state index in [1.165, 1.54) is 11.1 Å². The number of carbonyl (C=O) groups excluding carboxylic acids is 1. The van der Waals surface area contributed by atoms with Crippen LogP contribution in [-0.4, -0.2) is 37.1 Å². The van der Waals surface area contributed by atoms with Crippen molar-refractivity contribution >= 4 is 11.5 Å². The van der Waals surface area contributed by atoms with E-state index in [4.69, 9.17) is 4.74 Å². The molecule has 0 N–H and O–H groups in total. The lowest BCUT2D eigenvalue weighted by atomic mass is 9.99. The standard InChI is InChI=1S/C15H19NO2/c1-12(18-2)15(17)16-10-8-14(9-11-16)13-6-4-3-5-7-13/h3-8,12H,9-11H2,1-2H3. The minimum absolute atomic E-state index is 0.0702. The van der Waals surface area contributed by atoms with Crippen LogP contribution in [0.5, 0.6) is 0 Å². The van der Waals surface area contributed by atoms with Crippen LogP contribution in [0.4, 0.5) is 0 Å². The number of hydrogen-bond donors (Lipinski definition) is 0. The van der Waals surface area contributed by atoms with Gasteiger partial charge in [0.15, 0.2) is 0 Å². The van der Waals surface area contributed by atoms with E-state index in [1.54, 1.807) is 14.0 Å². The lowest BCUT2D eigenvalue weighted by molar-refractivity contribution is -0.140. The van der Waals surface area contributed by atoms with Crippen molar-refractivity contribution in [3.8, 4) is 0 Å². The van der Waals surface area contributed by atoms with Gasteiger partial charge in [0, 0.05) is 20.2 Å². The monoisotopic (exact) mass is 245 g/mol. The van der Waals surface area contributed by atoms with Gasteiger partial charge in [-0.15, -0.1) is 0 Å². The highest BCUT2D eigenvalue weighted by Gasteiger charge is 2.22. The van der Waals surface area contributed by atoms with Crippen LogP contribution >= 0.6 is 0 Å². The van der Waals surface area contributed by atoms with Crippen LogP contribution < -0.4 is 0 Å². The van der Waals surface area contributed by atoms with E-state index >= 15 is 0 Å². The zero-order chi connectivity index (χ0) is 13.0. The van der Waals surface area contributed by atoms with Crippen molar-refractivity contribution in [1.82, 2.24) is 4.90 Å². The summed E-state index contributed by atoms with van der Waals surface area (Å²) in [7, 11) is 1.57. The van der Waals surface area contributed by atoms with Gasteiger partial charge < -0.3 is 9.64 Å². The highest BCUT2D eigenvalue weighted by molar-refractivity contribution is 5.82. The molecule has 3 heteroatoms. The van der Waals surface area contributed by atoms with Crippen molar-refractivity contribution in [2.45, 2.75) is 19.4 Å². The highest BCUT2D eigenvalue weighted by atomic mass is 16.5. The number of amides is 1. The molecular formula is C15H19NO2. The minimum Gasteiger partial charge on any atom is -0.372 e. The molecule has 2 rings (SSSR count). The molecule has 1 aromatic carbocycles. The van der Waals surface area contributed by atoms with Gasteiger partial charge in [0.2, 0.25) is 0 Å². The van der Waals surface area contributed by atoms with E-state index in [1.807, 2.05) is 23.1 Å². The first kappa shape index (κ1) is 12.8. The lowest BCUT2D eigenvalue weighted by Gasteiger charge is -2.28. The van der Waals surface area contributed by atoms with Crippen molar-refractivity contribution in [3.63, 3.8) is 0 Å². The zero-order valence-corrected chi connectivity index (χ0v) is 10.9. The maximum atomic E-state index is 11.9. The number of benzene rings is 1. The molecule has 0 radical (unpaired) electrons. The van der Waals surface area contributed by atoms with Gasteiger partial charge in [-0.05, 0) is 24.5 Å². The second kappa shape index (κ2) is 5.83. The quantitative estimate of drug-likeness (QED) is 0.818. The molecule has 1 heterocycles. The van der Waals surface area contributed by atoms with Crippen LogP contribution in [0.1, 0.15) is 18.9 Å². The van der Waals surface area contributed by atoms with E-state index < -0.39 is 0 Å². The molecule has 0 spiro atoms. The zero-order valence-electron chi connectivity index (χ0n) is 10.9. The third-order valence-electron chi connectivity index (χ3n) is 3.37. The summed E-state index contributed by atoms with van der Waals surface area (Å²) in [5, 5.41) is 0. The van der Waals surface area contributed by atoms with Crippen LogP contribution in [0.15, 0.2) is 36.4 Å². The topological polar surface area (TPSA) is 29.5 Å². The molecule has 0 fully saturated rings. The van der Waals surface area contributed by atoms with Crippen molar-refractivity contribution < 1.29 is 9.53 Å². The third kappa shape index (κ3) is 2.79. The first-order chi connectivity index (χ1) is 8.72. The molecule has 0 aromatic heterocycles. The summed E-state index contributed by atoms with van der Waals surface area (Å²) >= 11 is 0. The predicted molar refractivity (Wildman–Crippen MR) is 72.1 cm³/mol. The van der Waals surface area contributed by atoms with E-state index in [0.29, 0.717) is 6.54 Å². The Labute approximate surface area is 108 Å². The van der Waals surface area contributed by atoms with Gasteiger partial charge in [0.25, 0.3) is 5.91 Å². The number of methoxy groups -OCH3 is 1. The third-order valence-corrected chi connectivity index (χ3v) is 3.37. The molecule has 1 aliphatic rings. The Morgan fingerprint density at radius 1 is 1.33 bits per heavy atom. The summed E-state index contributed by atoms with van der Waals surface area (Å²) in [4.78, 5) is 13.8. The Kier molecular flexibility index (Phi) is 4.15. The van der Waals surface area contributed by atoms with Crippen molar-refractivity contribution in [3.05, 3.63) is 42.0 Å². The lowest BCUT2D eigenvalue weighted by Crippen LogP contribution is -2.41. The van der Waals surface area contributed by atoms with Crippen molar-refractivity contribution in [2.24, 2.45) is 0 Å². The first-order valence-corrected chi connectivity index (χ1v) is 6.28. The first-order valence-electron chi connectivity index (χ1n) is 6.28. The van der Waals surface area contributed by atoms with Crippen LogP contribution in [0.25, 0.3) is 5.57 Å². The maximum Gasteiger partial charge on any atom is 0.251 e. The van der Waals surface area contributed by atoms with E-state index in [2.05, 4.69) is 18.2 Å². The number of hydrogen-bond acceptors (Lipinski definition) is 2. The Morgan fingerprint density at radius 2 is 2.06 bits per heavy atom. The SMILES string of the molecule is COC(C)C(=O)N1CC=C(c2ccccc2)CC1. The summed E-state index contributed by atoms with van der Waals surface area (Å²) in [5.74, 6) is 0.0702. The van der Waals surface area contributed by atoms with Crippen LogP contribution in [-0.2, 0) is 9.53 Å². The number of nitrogens with zero attached hydrogens (tertiary/aromatic N) is 1. The molecule has 3 nitrogen and oxygen atoms in total. The smallest absolute Gasteiger partial charge is 0.251 e. The van der Waals surface area contributed by atoms with Crippen LogP contribution in [0, 0.1) is 0 Å². The molecule has 0 bridgehead atoms. The summed E-state index contributed by atoms with van der Waals surface area (Å²) in [6.07, 6.45) is 2.70. The molecule has 1 aliphatic heterocycles. The van der Waals surface area contributed by atoms with E-state index in [9.17, 15) is 4.79 Å². The molecular weight excluding hydrogens is 226 g/mol. The highest BCUT2D eigenvalue weighted by Crippen LogP contribution is 2.22. The fourth-order valence-electron chi connectivity index (χ4n) is 2.14. The van der Waals surface area contributed by atoms with E-state index in [0.717, 1.165) is 13.0 Å². The predicted octanol–water partition coefficient (Wildman–Crippen LogP) is 2.34. The summed E-state index contributed by atoms with van der Waals surface area (Å²) < 4.78 is 5.06. The van der Waals surface area contributed by atoms with Crippen molar-refractivity contribution in [1.29, 1.82) is 0 Å². The molecule has 1 atom stereocenters. The molecule has 1 aromatic rings. The average molecular weight is 245 g/mol. The molecule has 18 heavy (non-hydrogen) atoms. The van der Waals surface area contributed by atoms with Crippen molar-refractivity contribution in [2.75, 3.05) is 20.2 Å². The van der Waals surface area contributed by atoms with E-state index in [-0.39, 0.29) is 12.0 Å². The Morgan fingerprint density at radius 3 is 2.61 bits per heavy atom. The van der Waals surface area contributed by atoms with Gasteiger partial charge in [0.05, 0.1) is 0 Å². The molecule has 96 valence electrons. The molecule has 1 amide bonds. The Balaban J connectivity index is 2.02. The van der Waals surface area contributed by atoms with Gasteiger partial charge >= 0.3 is 0 Å². The molecule has 0 saturated carbocycles. The normalized spacial score (nSPS) is 17.2. The average Bonchev–Trinajstić information content (AvgIpc) is 2.47. The largest absolute Gasteiger partial charge is 0.372 e. The van der Waals surface area contributed by atoms with Gasteiger partial charge in [-0.2, -0.15) is 0 Å². The number of carbonyl (C=O) groups is 1. The fourth-order valence-corrected chi connectivity index (χ4v) is 2.14. The van der Waals surface area contributed by atoms with Gasteiger partial charge in [0.1, 0.15) is 6.10 Å². The minimum atomic E-state index is -0.350. The second-order valence-electron chi connectivity index (χ2n) is 4.51. The van der Waals surface area contributed by atoms with Crippen LogP contribution in [0.3, 0.4) is 0 Å². The second-order valence-corrected chi connectivity index (χ2v) is 4.51. The summed E-state index contributed by atoms with van der Waals surface area (Å²) in [5.41, 5.74) is 2.58. The van der Waals surface area contributed by atoms with Crippen LogP contribution in [0.2, 0.25) is 0 Å². The van der Waals surface area contributed by atoms with Gasteiger partial charge in [-0.1, -0.05) is 36.4 Å². The number of ether oxygens (including phenoxy) is 1. The molecule has 0 saturated heterocycles. The molecule has 0 aliphatic carbocycles. The fraction of sp³-hybridized carbons (Fsp3) is 0.400.